The fourth-order valence-corrected chi connectivity index (χ4v) is 6.59. The van der Waals surface area contributed by atoms with Gasteiger partial charge < -0.3 is 4.74 Å². The van der Waals surface area contributed by atoms with E-state index in [-0.39, 0.29) is 22.2 Å². The van der Waals surface area contributed by atoms with Crippen molar-refractivity contribution < 1.29 is 4.74 Å². The molecule has 1 fully saturated rings. The summed E-state index contributed by atoms with van der Waals surface area (Å²) >= 11 is 3.62. The van der Waals surface area contributed by atoms with Gasteiger partial charge >= 0.3 is 5.69 Å². The summed E-state index contributed by atoms with van der Waals surface area (Å²) in [7, 11) is 0. The third-order valence-corrected chi connectivity index (χ3v) is 8.13. The summed E-state index contributed by atoms with van der Waals surface area (Å²) in [6, 6.07) is 9.93. The van der Waals surface area contributed by atoms with Crippen molar-refractivity contribution >= 4 is 23.5 Å². The van der Waals surface area contributed by atoms with E-state index in [9.17, 15) is 9.59 Å². The van der Waals surface area contributed by atoms with Crippen LogP contribution in [-0.2, 0) is 11.3 Å². The molecule has 3 heterocycles. The summed E-state index contributed by atoms with van der Waals surface area (Å²) in [6.07, 6.45) is 2.92. The van der Waals surface area contributed by atoms with Gasteiger partial charge in [0.15, 0.2) is 6.23 Å². The average Bonchev–Trinajstić information content (AvgIpc) is 3.38. The van der Waals surface area contributed by atoms with E-state index in [1.807, 2.05) is 53.0 Å². The highest BCUT2D eigenvalue weighted by Gasteiger charge is 2.46. The second-order valence-corrected chi connectivity index (χ2v) is 10.5. The number of nitrogens with one attached hydrogen (secondary N) is 1. The predicted octanol–water partition coefficient (Wildman–Crippen LogP) is 2.94. The molecule has 3 aromatic rings. The maximum absolute atomic E-state index is 12.6. The van der Waals surface area contributed by atoms with E-state index < -0.39 is 11.9 Å². The van der Waals surface area contributed by atoms with E-state index in [0.717, 1.165) is 22.8 Å². The summed E-state index contributed by atoms with van der Waals surface area (Å²) in [4.78, 5) is 26.9. The Morgan fingerprint density at radius 2 is 1.78 bits per heavy atom. The van der Waals surface area contributed by atoms with Crippen LogP contribution in [0.3, 0.4) is 0 Å². The van der Waals surface area contributed by atoms with Gasteiger partial charge in [-0.1, -0.05) is 49.4 Å². The summed E-state index contributed by atoms with van der Waals surface area (Å²) in [5.74, 6) is 1.83. The summed E-state index contributed by atoms with van der Waals surface area (Å²) in [5, 5.41) is 8.87. The molecule has 0 bridgehead atoms. The zero-order valence-electron chi connectivity index (χ0n) is 18.3. The lowest BCUT2D eigenvalue weighted by Crippen LogP contribution is -2.37. The van der Waals surface area contributed by atoms with Gasteiger partial charge in [-0.05, 0) is 18.4 Å². The molecule has 2 aromatic heterocycles. The van der Waals surface area contributed by atoms with Gasteiger partial charge in [0.1, 0.15) is 5.69 Å². The lowest BCUT2D eigenvalue weighted by Gasteiger charge is -2.23. The molecule has 0 amide bonds. The Morgan fingerprint density at radius 1 is 1.06 bits per heavy atom. The van der Waals surface area contributed by atoms with Crippen LogP contribution < -0.4 is 11.2 Å². The molecular weight excluding hydrogens is 446 g/mol. The van der Waals surface area contributed by atoms with Crippen molar-refractivity contribution in [3.8, 4) is 11.3 Å². The molecule has 0 aliphatic carbocycles. The monoisotopic (exact) mass is 473 g/mol. The molecule has 1 aliphatic heterocycles. The molecule has 0 spiro atoms. The normalized spacial score (nSPS) is 23.0. The molecule has 32 heavy (non-hydrogen) atoms. The fourth-order valence-electron chi connectivity index (χ4n) is 3.93. The highest BCUT2D eigenvalue weighted by Crippen LogP contribution is 2.43. The zero-order chi connectivity index (χ0) is 22.7. The number of aromatic nitrogens is 5. The Kier molecular flexibility index (Phi) is 7.22. The van der Waals surface area contributed by atoms with Gasteiger partial charge in [-0.2, -0.15) is 23.5 Å². The Hall–Kier alpha value is -2.30. The first-order valence-corrected chi connectivity index (χ1v) is 12.8. The minimum absolute atomic E-state index is 0.0649. The Labute approximate surface area is 194 Å². The number of hydrogen-bond donors (Lipinski definition) is 1. The molecule has 1 aliphatic rings. The molecule has 0 unspecified atom stereocenters. The standard InChI is InChI=1S/C22H27N5O3S2/c1-4-31-18-17(13-26-12-16(24-25-26)15-9-7-6-8-10-15)30-21(19(18)32-5-2)27-11-14(3)20(28)23-22(27)29/h6-12,17-19,21H,4-5,13H2,1-3H3,(H,23,28,29)/t17-,18-,19-,21-/m1/s1. The van der Waals surface area contributed by atoms with Gasteiger partial charge in [-0.15, -0.1) is 5.10 Å². The molecule has 10 heteroatoms. The van der Waals surface area contributed by atoms with Gasteiger partial charge in [0.2, 0.25) is 0 Å². The number of rotatable bonds is 8. The maximum atomic E-state index is 12.6. The number of hydrogen-bond acceptors (Lipinski definition) is 7. The fraction of sp³-hybridized carbons (Fsp3) is 0.455. The van der Waals surface area contributed by atoms with Crippen LogP contribution >= 0.6 is 23.5 Å². The molecule has 1 aromatic carbocycles. The van der Waals surface area contributed by atoms with Gasteiger partial charge in [-0.3, -0.25) is 14.3 Å². The minimum Gasteiger partial charge on any atom is -0.350 e. The highest BCUT2D eigenvalue weighted by atomic mass is 32.2. The maximum Gasteiger partial charge on any atom is 0.330 e. The smallest absolute Gasteiger partial charge is 0.330 e. The number of ether oxygens (including phenoxy) is 1. The molecule has 1 saturated heterocycles. The number of benzene rings is 1. The Balaban J connectivity index is 1.63. The van der Waals surface area contributed by atoms with Gasteiger partial charge in [-0.25, -0.2) is 9.48 Å². The molecular formula is C22H27N5O3S2. The largest absolute Gasteiger partial charge is 0.350 e. The molecule has 0 radical (unpaired) electrons. The lowest BCUT2D eigenvalue weighted by atomic mass is 10.2. The van der Waals surface area contributed by atoms with Crippen molar-refractivity contribution in [1.82, 2.24) is 24.5 Å². The number of nitrogens with zero attached hydrogens (tertiary/aromatic N) is 4. The van der Waals surface area contributed by atoms with Crippen LogP contribution in [0.25, 0.3) is 11.3 Å². The third kappa shape index (κ3) is 4.72. The van der Waals surface area contributed by atoms with E-state index in [2.05, 4.69) is 29.1 Å². The third-order valence-electron chi connectivity index (χ3n) is 5.40. The average molecular weight is 474 g/mol. The van der Waals surface area contributed by atoms with E-state index in [1.165, 1.54) is 4.57 Å². The summed E-state index contributed by atoms with van der Waals surface area (Å²) in [6.45, 7) is 6.46. The highest BCUT2D eigenvalue weighted by molar-refractivity contribution is 8.03. The van der Waals surface area contributed by atoms with Crippen molar-refractivity contribution in [3.63, 3.8) is 0 Å². The summed E-state index contributed by atoms with van der Waals surface area (Å²) < 4.78 is 9.83. The van der Waals surface area contributed by atoms with Gasteiger partial charge in [0, 0.05) is 22.6 Å². The van der Waals surface area contributed by atoms with Crippen molar-refractivity contribution in [1.29, 1.82) is 0 Å². The number of aryl methyl sites for hydroxylation is 1. The van der Waals surface area contributed by atoms with Crippen LogP contribution in [0.15, 0.2) is 52.3 Å². The van der Waals surface area contributed by atoms with Crippen LogP contribution in [0, 0.1) is 6.92 Å². The van der Waals surface area contributed by atoms with E-state index in [4.69, 9.17) is 4.74 Å². The minimum atomic E-state index is -0.464. The van der Waals surface area contributed by atoms with Crippen LogP contribution in [0.5, 0.6) is 0 Å². The molecule has 4 atom stereocenters. The first kappa shape index (κ1) is 22.9. The Bertz CT molecular complexity index is 1160. The SMILES string of the molecule is CCS[C@@H]1[C@H](SCC)[C@@H](Cn2cc(-c3ccccc3)nn2)O[C@H]1n1cc(C)c(=O)[nH]c1=O. The number of aromatic amines is 1. The van der Waals surface area contributed by atoms with Crippen LogP contribution in [0.4, 0.5) is 0 Å². The van der Waals surface area contributed by atoms with Crippen LogP contribution in [-0.4, -0.2) is 52.7 Å². The van der Waals surface area contributed by atoms with Gasteiger partial charge in [0.25, 0.3) is 5.56 Å². The molecule has 170 valence electrons. The topological polar surface area (TPSA) is 94.8 Å². The second kappa shape index (κ2) is 10.1. The Morgan fingerprint density at radius 3 is 2.50 bits per heavy atom. The first-order chi connectivity index (χ1) is 15.5. The van der Waals surface area contributed by atoms with Crippen molar-refractivity contribution in [3.05, 3.63) is 69.1 Å². The zero-order valence-corrected chi connectivity index (χ0v) is 19.9. The number of H-pyrrole nitrogens is 1. The molecule has 1 N–H and O–H groups in total. The van der Waals surface area contributed by atoms with E-state index >= 15 is 0 Å². The molecule has 4 rings (SSSR count). The van der Waals surface area contributed by atoms with Crippen LogP contribution in [0.1, 0.15) is 25.6 Å². The number of thioether (sulfide) groups is 2. The van der Waals surface area contributed by atoms with Gasteiger partial charge in [0.05, 0.1) is 24.1 Å². The van der Waals surface area contributed by atoms with Crippen LogP contribution in [0.2, 0.25) is 0 Å². The van der Waals surface area contributed by atoms with Crippen molar-refractivity contribution in [2.75, 3.05) is 11.5 Å². The first-order valence-electron chi connectivity index (χ1n) is 10.7. The molecule has 0 saturated carbocycles. The summed E-state index contributed by atoms with van der Waals surface area (Å²) in [5.41, 5.74) is 1.50. The van der Waals surface area contributed by atoms with E-state index in [1.54, 1.807) is 24.9 Å². The van der Waals surface area contributed by atoms with E-state index in [0.29, 0.717) is 12.1 Å². The predicted molar refractivity (Wildman–Crippen MR) is 129 cm³/mol. The quantitative estimate of drug-likeness (QED) is 0.537. The second-order valence-electron chi connectivity index (χ2n) is 7.58. The van der Waals surface area contributed by atoms with Crippen molar-refractivity contribution in [2.24, 2.45) is 0 Å². The lowest BCUT2D eigenvalue weighted by molar-refractivity contribution is -0.00728. The molecule has 8 nitrogen and oxygen atoms in total. The van der Waals surface area contributed by atoms with Crippen molar-refractivity contribution in [2.45, 2.75) is 50.1 Å².